The SMILES string of the molecule is C=C(C(=O)Oc1ccc(OC(=O)C(=C)C23CCCC2C3)cc1)C12CCCC1C2. The lowest BCUT2D eigenvalue weighted by atomic mass is 9.94. The molecule has 0 saturated heterocycles. The average Bonchev–Trinajstić information content (AvgIpc) is 3.50. The first kappa shape index (κ1) is 17.7. The minimum atomic E-state index is -0.345. The van der Waals surface area contributed by atoms with Crippen LogP contribution in [0.1, 0.15) is 51.4 Å². The van der Waals surface area contributed by atoms with Gasteiger partial charge in [-0.05, 0) is 74.6 Å². The summed E-state index contributed by atoms with van der Waals surface area (Å²) >= 11 is 0. The predicted molar refractivity (Wildman–Crippen MR) is 105 cm³/mol. The molecule has 4 saturated carbocycles. The van der Waals surface area contributed by atoms with Crippen molar-refractivity contribution in [2.45, 2.75) is 51.4 Å². The quantitative estimate of drug-likeness (QED) is 0.397. The van der Waals surface area contributed by atoms with Crippen molar-refractivity contribution in [1.29, 1.82) is 0 Å². The molecule has 0 aromatic heterocycles. The zero-order chi connectivity index (χ0) is 19.5. The fourth-order valence-corrected chi connectivity index (χ4v) is 5.82. The van der Waals surface area contributed by atoms with E-state index >= 15 is 0 Å². The highest BCUT2D eigenvalue weighted by molar-refractivity contribution is 5.92. The summed E-state index contributed by atoms with van der Waals surface area (Å²) in [6.45, 7) is 8.03. The second kappa shape index (κ2) is 6.07. The van der Waals surface area contributed by atoms with Crippen molar-refractivity contribution in [3.63, 3.8) is 0 Å². The molecule has 4 fully saturated rings. The maximum atomic E-state index is 12.5. The third kappa shape index (κ3) is 2.65. The third-order valence-corrected chi connectivity index (χ3v) is 7.75. The van der Waals surface area contributed by atoms with E-state index in [9.17, 15) is 9.59 Å². The smallest absolute Gasteiger partial charge is 0.339 e. The van der Waals surface area contributed by atoms with Crippen molar-refractivity contribution in [3.8, 4) is 11.5 Å². The average molecular weight is 378 g/mol. The molecule has 0 amide bonds. The van der Waals surface area contributed by atoms with Crippen LogP contribution < -0.4 is 9.47 Å². The van der Waals surface area contributed by atoms with Gasteiger partial charge < -0.3 is 9.47 Å². The number of esters is 2. The van der Waals surface area contributed by atoms with Crippen molar-refractivity contribution in [1.82, 2.24) is 0 Å². The molecule has 0 bridgehead atoms. The summed E-state index contributed by atoms with van der Waals surface area (Å²) in [6, 6.07) is 6.62. The second-order valence-electron chi connectivity index (χ2n) is 9.11. The van der Waals surface area contributed by atoms with Gasteiger partial charge in [0.15, 0.2) is 0 Å². The number of carbonyl (C=O) groups is 2. The maximum absolute atomic E-state index is 12.5. The minimum Gasteiger partial charge on any atom is -0.423 e. The molecule has 1 aromatic carbocycles. The highest BCUT2D eigenvalue weighted by Crippen LogP contribution is 2.68. The molecule has 0 aliphatic heterocycles. The summed E-state index contributed by atoms with van der Waals surface area (Å²) in [5.74, 6) is 1.42. The zero-order valence-electron chi connectivity index (χ0n) is 16.2. The van der Waals surface area contributed by atoms with E-state index in [1.807, 2.05) is 0 Å². The molecule has 0 heterocycles. The molecule has 4 nitrogen and oxygen atoms in total. The van der Waals surface area contributed by atoms with Gasteiger partial charge in [0.1, 0.15) is 11.5 Å². The van der Waals surface area contributed by atoms with Crippen molar-refractivity contribution in [3.05, 3.63) is 48.6 Å². The van der Waals surface area contributed by atoms with Crippen molar-refractivity contribution < 1.29 is 19.1 Å². The fraction of sp³-hybridized carbons (Fsp3) is 0.500. The molecule has 0 N–H and O–H groups in total. The lowest BCUT2D eigenvalue weighted by molar-refractivity contribution is -0.132. The number of benzene rings is 1. The Morgan fingerprint density at radius 3 is 1.46 bits per heavy atom. The van der Waals surface area contributed by atoms with Crippen LogP contribution in [-0.2, 0) is 9.59 Å². The summed E-state index contributed by atoms with van der Waals surface area (Å²) in [7, 11) is 0. The molecule has 4 aliphatic rings. The summed E-state index contributed by atoms with van der Waals surface area (Å²) in [6.07, 6.45) is 8.97. The van der Waals surface area contributed by atoms with Crippen LogP contribution in [0.5, 0.6) is 11.5 Å². The first-order valence-corrected chi connectivity index (χ1v) is 10.4. The number of ether oxygens (including phenoxy) is 2. The van der Waals surface area contributed by atoms with E-state index < -0.39 is 0 Å². The Morgan fingerprint density at radius 1 is 0.786 bits per heavy atom. The molecule has 4 unspecified atom stereocenters. The Bertz CT molecular complexity index is 809. The van der Waals surface area contributed by atoms with Gasteiger partial charge in [0.05, 0.1) is 0 Å². The maximum Gasteiger partial charge on any atom is 0.339 e. The molecule has 4 heteroatoms. The molecule has 28 heavy (non-hydrogen) atoms. The molecule has 4 atom stereocenters. The fourth-order valence-electron chi connectivity index (χ4n) is 5.82. The third-order valence-electron chi connectivity index (χ3n) is 7.75. The van der Waals surface area contributed by atoms with E-state index in [1.54, 1.807) is 24.3 Å². The summed E-state index contributed by atoms with van der Waals surface area (Å²) < 4.78 is 11.0. The monoisotopic (exact) mass is 378 g/mol. The zero-order valence-corrected chi connectivity index (χ0v) is 16.2. The highest BCUT2D eigenvalue weighted by atomic mass is 16.5. The Hall–Kier alpha value is -2.36. The van der Waals surface area contributed by atoms with E-state index in [1.165, 1.54) is 25.7 Å². The van der Waals surface area contributed by atoms with E-state index in [0.717, 1.165) is 25.7 Å². The molecule has 146 valence electrons. The minimum absolute atomic E-state index is 0.00718. The number of carbonyl (C=O) groups excluding carboxylic acids is 2. The van der Waals surface area contributed by atoms with Crippen LogP contribution in [0, 0.1) is 22.7 Å². The van der Waals surface area contributed by atoms with Gasteiger partial charge in [-0.3, -0.25) is 0 Å². The van der Waals surface area contributed by atoms with E-state index in [-0.39, 0.29) is 22.8 Å². The van der Waals surface area contributed by atoms with Crippen molar-refractivity contribution >= 4 is 11.9 Å². The number of rotatable bonds is 6. The van der Waals surface area contributed by atoms with Crippen LogP contribution in [0.15, 0.2) is 48.6 Å². The van der Waals surface area contributed by atoms with Crippen LogP contribution >= 0.6 is 0 Å². The van der Waals surface area contributed by atoms with Gasteiger partial charge in [0, 0.05) is 22.0 Å². The molecule has 1 aromatic rings. The summed E-state index contributed by atoms with van der Waals surface area (Å²) in [5, 5.41) is 0. The number of hydrogen-bond acceptors (Lipinski definition) is 4. The Labute approximate surface area is 165 Å². The van der Waals surface area contributed by atoms with Crippen LogP contribution in [0.25, 0.3) is 0 Å². The lowest BCUT2D eigenvalue weighted by Gasteiger charge is -2.15. The Kier molecular flexibility index (Phi) is 3.84. The van der Waals surface area contributed by atoms with Crippen LogP contribution in [0.2, 0.25) is 0 Å². The first-order valence-electron chi connectivity index (χ1n) is 10.4. The second-order valence-corrected chi connectivity index (χ2v) is 9.11. The molecule has 4 aliphatic carbocycles. The number of hydrogen-bond donors (Lipinski definition) is 0. The van der Waals surface area contributed by atoms with Gasteiger partial charge in [-0.25, -0.2) is 9.59 Å². The van der Waals surface area contributed by atoms with Crippen LogP contribution in [-0.4, -0.2) is 11.9 Å². The lowest BCUT2D eigenvalue weighted by Crippen LogP contribution is -2.19. The van der Waals surface area contributed by atoms with E-state index in [2.05, 4.69) is 13.2 Å². The summed E-state index contributed by atoms with van der Waals surface area (Å²) in [4.78, 5) is 24.9. The standard InChI is InChI=1S/C24H26O4/c1-15(23-11-3-5-17(23)13-23)21(25)27-19-7-9-20(10-8-19)28-22(26)16(2)24-12-4-6-18(24)14-24/h7-10,17-18H,1-6,11-14H2. The summed E-state index contributed by atoms with van der Waals surface area (Å²) in [5.41, 5.74) is 1.23. The van der Waals surface area contributed by atoms with Gasteiger partial charge in [0.25, 0.3) is 0 Å². The van der Waals surface area contributed by atoms with E-state index in [0.29, 0.717) is 34.5 Å². The molecular formula is C24H26O4. The first-order chi connectivity index (χ1) is 13.4. The normalized spacial score (nSPS) is 34.1. The largest absolute Gasteiger partial charge is 0.423 e. The van der Waals surface area contributed by atoms with Gasteiger partial charge >= 0.3 is 11.9 Å². The van der Waals surface area contributed by atoms with Crippen molar-refractivity contribution in [2.75, 3.05) is 0 Å². The molecule has 0 radical (unpaired) electrons. The van der Waals surface area contributed by atoms with Gasteiger partial charge in [0.2, 0.25) is 0 Å². The molecule has 5 rings (SSSR count). The van der Waals surface area contributed by atoms with Gasteiger partial charge in [-0.15, -0.1) is 0 Å². The van der Waals surface area contributed by atoms with Gasteiger partial charge in [-0.1, -0.05) is 26.0 Å². The molecule has 0 spiro atoms. The predicted octanol–water partition coefficient (Wildman–Crippen LogP) is 4.99. The Balaban J connectivity index is 1.18. The van der Waals surface area contributed by atoms with Crippen molar-refractivity contribution in [2.24, 2.45) is 22.7 Å². The number of fused-ring (bicyclic) bond motifs is 2. The highest BCUT2D eigenvalue weighted by Gasteiger charge is 2.61. The van der Waals surface area contributed by atoms with Gasteiger partial charge in [-0.2, -0.15) is 0 Å². The molecular weight excluding hydrogens is 352 g/mol. The Morgan fingerprint density at radius 2 is 1.18 bits per heavy atom. The van der Waals surface area contributed by atoms with Crippen LogP contribution in [0.4, 0.5) is 0 Å². The van der Waals surface area contributed by atoms with E-state index in [4.69, 9.17) is 9.47 Å². The van der Waals surface area contributed by atoms with Crippen LogP contribution in [0.3, 0.4) is 0 Å². The topological polar surface area (TPSA) is 52.6 Å².